The molecule has 0 unspecified atom stereocenters. The first-order chi connectivity index (χ1) is 10.1. The number of nitrogens with zero attached hydrogens (tertiary/aromatic N) is 1. The van der Waals surface area contributed by atoms with Gasteiger partial charge in [-0.1, -0.05) is 43.7 Å². The lowest BCUT2D eigenvalue weighted by atomic mass is 9.93. The fourth-order valence-electron chi connectivity index (χ4n) is 3.16. The van der Waals surface area contributed by atoms with Crippen LogP contribution in [0.25, 0.3) is 0 Å². The molecule has 2 atom stereocenters. The molecule has 1 aliphatic carbocycles. The number of ether oxygens (including phenoxy) is 1. The van der Waals surface area contributed by atoms with E-state index in [1.165, 1.54) is 12.8 Å². The zero-order valence-corrected chi connectivity index (χ0v) is 13.5. The van der Waals surface area contributed by atoms with E-state index < -0.39 is 5.41 Å². The van der Waals surface area contributed by atoms with E-state index in [0.717, 1.165) is 25.1 Å². The first kappa shape index (κ1) is 16.0. The molecule has 0 bridgehead atoms. The summed E-state index contributed by atoms with van der Waals surface area (Å²) < 4.78 is 5.36. The van der Waals surface area contributed by atoms with E-state index in [1.54, 1.807) is 0 Å². The number of carbonyl (C=O) groups excluding carboxylic acids is 1. The minimum Gasteiger partial charge on any atom is -0.465 e. The number of hydrogen-bond acceptors (Lipinski definition) is 3. The Morgan fingerprint density at radius 3 is 2.67 bits per heavy atom. The summed E-state index contributed by atoms with van der Waals surface area (Å²) >= 11 is 0. The van der Waals surface area contributed by atoms with E-state index in [9.17, 15) is 4.79 Å². The van der Waals surface area contributed by atoms with E-state index in [1.807, 2.05) is 25.1 Å². The Hall–Kier alpha value is -1.35. The fourth-order valence-corrected chi connectivity index (χ4v) is 3.16. The molecule has 0 spiro atoms. The molecule has 1 saturated carbocycles. The SMILES string of the molecule is CCCCN(C)C[C@H]1C[C@]1(C(=O)OCC)c1ccccc1. The van der Waals surface area contributed by atoms with Gasteiger partial charge in [-0.3, -0.25) is 4.79 Å². The molecule has 0 aliphatic heterocycles. The number of rotatable bonds is 8. The van der Waals surface area contributed by atoms with Crippen LogP contribution in [0, 0.1) is 5.92 Å². The van der Waals surface area contributed by atoms with Crippen LogP contribution in [0.4, 0.5) is 0 Å². The van der Waals surface area contributed by atoms with Crippen molar-refractivity contribution >= 4 is 5.97 Å². The molecule has 1 aromatic rings. The van der Waals surface area contributed by atoms with Crippen molar-refractivity contribution < 1.29 is 9.53 Å². The number of carbonyl (C=O) groups is 1. The van der Waals surface area contributed by atoms with Crippen molar-refractivity contribution in [1.82, 2.24) is 4.90 Å². The highest BCUT2D eigenvalue weighted by atomic mass is 16.5. The van der Waals surface area contributed by atoms with Crippen molar-refractivity contribution in [2.45, 2.75) is 38.5 Å². The van der Waals surface area contributed by atoms with Gasteiger partial charge in [-0.15, -0.1) is 0 Å². The van der Waals surface area contributed by atoms with Gasteiger partial charge in [0, 0.05) is 6.54 Å². The Kier molecular flexibility index (Phi) is 5.40. The molecule has 0 aromatic heterocycles. The van der Waals surface area contributed by atoms with Crippen LogP contribution >= 0.6 is 0 Å². The van der Waals surface area contributed by atoms with Gasteiger partial charge in [-0.25, -0.2) is 0 Å². The van der Waals surface area contributed by atoms with Crippen molar-refractivity contribution in [3.63, 3.8) is 0 Å². The summed E-state index contributed by atoms with van der Waals surface area (Å²) in [5.74, 6) is 0.325. The molecule has 1 fully saturated rings. The van der Waals surface area contributed by atoms with Crippen molar-refractivity contribution in [2.24, 2.45) is 5.92 Å². The van der Waals surface area contributed by atoms with Crippen LogP contribution in [0.3, 0.4) is 0 Å². The monoisotopic (exact) mass is 289 g/mol. The Morgan fingerprint density at radius 2 is 2.05 bits per heavy atom. The predicted octanol–water partition coefficient (Wildman–Crippen LogP) is 3.24. The first-order valence-corrected chi connectivity index (χ1v) is 8.06. The normalized spacial score (nSPS) is 24.1. The standard InChI is InChI=1S/C18H27NO2/c1-4-6-12-19(3)14-16-13-18(16,17(20)21-5-2)15-10-8-7-9-11-15/h7-11,16H,4-6,12-14H2,1-3H3/t16-,18+/m1/s1. The smallest absolute Gasteiger partial charge is 0.316 e. The molecule has 3 nitrogen and oxygen atoms in total. The summed E-state index contributed by atoms with van der Waals surface area (Å²) in [6.07, 6.45) is 3.32. The molecule has 116 valence electrons. The average Bonchev–Trinajstić information content (AvgIpc) is 3.21. The summed E-state index contributed by atoms with van der Waals surface area (Å²) in [4.78, 5) is 14.8. The van der Waals surface area contributed by atoms with Gasteiger partial charge in [0.25, 0.3) is 0 Å². The molecule has 1 aliphatic rings. The molecule has 0 saturated heterocycles. The van der Waals surface area contributed by atoms with Crippen molar-refractivity contribution in [1.29, 1.82) is 0 Å². The maximum absolute atomic E-state index is 12.5. The third-order valence-electron chi connectivity index (χ3n) is 4.46. The van der Waals surface area contributed by atoms with E-state index in [0.29, 0.717) is 12.5 Å². The lowest BCUT2D eigenvalue weighted by molar-refractivity contribution is -0.146. The van der Waals surface area contributed by atoms with Crippen LogP contribution < -0.4 is 0 Å². The quantitative estimate of drug-likeness (QED) is 0.688. The molecule has 2 rings (SSSR count). The zero-order chi connectivity index (χ0) is 15.3. The molecular weight excluding hydrogens is 262 g/mol. The average molecular weight is 289 g/mol. The van der Waals surface area contributed by atoms with Gasteiger partial charge in [0.2, 0.25) is 0 Å². The summed E-state index contributed by atoms with van der Waals surface area (Å²) in [7, 11) is 2.15. The van der Waals surface area contributed by atoms with Gasteiger partial charge in [0.15, 0.2) is 0 Å². The van der Waals surface area contributed by atoms with Gasteiger partial charge in [-0.2, -0.15) is 0 Å². The molecule has 0 amide bonds. The van der Waals surface area contributed by atoms with Gasteiger partial charge >= 0.3 is 5.97 Å². The lowest BCUT2D eigenvalue weighted by Gasteiger charge is -2.20. The molecule has 3 heteroatoms. The van der Waals surface area contributed by atoms with Gasteiger partial charge in [-0.05, 0) is 44.8 Å². The molecule has 1 aromatic carbocycles. The molecular formula is C18H27NO2. The molecule has 0 radical (unpaired) electrons. The van der Waals surface area contributed by atoms with Crippen LogP contribution in [-0.4, -0.2) is 37.6 Å². The van der Waals surface area contributed by atoms with E-state index in [2.05, 4.69) is 31.0 Å². The molecule has 0 heterocycles. The third kappa shape index (κ3) is 3.46. The number of unbranched alkanes of at least 4 members (excludes halogenated alkanes) is 1. The van der Waals surface area contributed by atoms with E-state index >= 15 is 0 Å². The van der Waals surface area contributed by atoms with Crippen LogP contribution in [0.2, 0.25) is 0 Å². The maximum atomic E-state index is 12.5. The maximum Gasteiger partial charge on any atom is 0.316 e. The fraction of sp³-hybridized carbons (Fsp3) is 0.611. The Balaban J connectivity index is 2.09. The summed E-state index contributed by atoms with van der Waals surface area (Å²) in [6.45, 7) is 6.60. The highest BCUT2D eigenvalue weighted by Crippen LogP contribution is 2.55. The van der Waals surface area contributed by atoms with Gasteiger partial charge in [0.05, 0.1) is 12.0 Å². The highest BCUT2D eigenvalue weighted by Gasteiger charge is 2.62. The number of benzene rings is 1. The van der Waals surface area contributed by atoms with Crippen LogP contribution in [-0.2, 0) is 14.9 Å². The topological polar surface area (TPSA) is 29.5 Å². The second-order valence-electron chi connectivity index (χ2n) is 6.07. The lowest BCUT2D eigenvalue weighted by Crippen LogP contribution is -2.30. The van der Waals surface area contributed by atoms with Crippen molar-refractivity contribution in [2.75, 3.05) is 26.7 Å². The minimum atomic E-state index is -0.405. The third-order valence-corrected chi connectivity index (χ3v) is 4.46. The first-order valence-electron chi connectivity index (χ1n) is 8.06. The number of esters is 1. The summed E-state index contributed by atoms with van der Waals surface area (Å²) in [5.41, 5.74) is 0.704. The van der Waals surface area contributed by atoms with E-state index in [-0.39, 0.29) is 5.97 Å². The van der Waals surface area contributed by atoms with Crippen molar-refractivity contribution in [3.05, 3.63) is 35.9 Å². The largest absolute Gasteiger partial charge is 0.465 e. The Bertz CT molecular complexity index is 460. The summed E-state index contributed by atoms with van der Waals surface area (Å²) in [5, 5.41) is 0. The zero-order valence-electron chi connectivity index (χ0n) is 13.5. The second kappa shape index (κ2) is 7.08. The molecule has 21 heavy (non-hydrogen) atoms. The van der Waals surface area contributed by atoms with Gasteiger partial charge < -0.3 is 9.64 Å². The Labute approximate surface area is 128 Å². The summed E-state index contributed by atoms with van der Waals surface area (Å²) in [6, 6.07) is 10.1. The number of hydrogen-bond donors (Lipinski definition) is 0. The minimum absolute atomic E-state index is 0.0508. The van der Waals surface area contributed by atoms with Crippen LogP contribution in [0.15, 0.2) is 30.3 Å². The van der Waals surface area contributed by atoms with Gasteiger partial charge in [0.1, 0.15) is 0 Å². The van der Waals surface area contributed by atoms with Crippen LogP contribution in [0.5, 0.6) is 0 Å². The predicted molar refractivity (Wildman–Crippen MR) is 85.3 cm³/mol. The molecule has 0 N–H and O–H groups in total. The van der Waals surface area contributed by atoms with Crippen LogP contribution in [0.1, 0.15) is 38.7 Å². The Morgan fingerprint density at radius 1 is 1.33 bits per heavy atom. The van der Waals surface area contributed by atoms with Crippen molar-refractivity contribution in [3.8, 4) is 0 Å². The highest BCUT2D eigenvalue weighted by molar-refractivity contribution is 5.87. The van der Waals surface area contributed by atoms with E-state index in [4.69, 9.17) is 4.74 Å². The second-order valence-corrected chi connectivity index (χ2v) is 6.07.